The van der Waals surface area contributed by atoms with Gasteiger partial charge in [0, 0.05) is 17.5 Å². The van der Waals surface area contributed by atoms with Gasteiger partial charge in [0.2, 0.25) is 0 Å². The zero-order valence-electron chi connectivity index (χ0n) is 12.1. The Labute approximate surface area is 123 Å². The van der Waals surface area contributed by atoms with Gasteiger partial charge < -0.3 is 10.5 Å². The van der Waals surface area contributed by atoms with Crippen LogP contribution in [0.25, 0.3) is 10.9 Å². The van der Waals surface area contributed by atoms with Crippen molar-refractivity contribution in [1.82, 2.24) is 9.88 Å². The molecule has 1 fully saturated rings. The zero-order chi connectivity index (χ0) is 14.8. The van der Waals surface area contributed by atoms with E-state index in [0.717, 1.165) is 35.9 Å². The highest BCUT2D eigenvalue weighted by atomic mass is 16.5. The summed E-state index contributed by atoms with van der Waals surface area (Å²) in [6.07, 6.45) is 1.84. The predicted molar refractivity (Wildman–Crippen MR) is 81.6 cm³/mol. The smallest absolute Gasteiger partial charge is 0.323 e. The van der Waals surface area contributed by atoms with E-state index in [1.54, 1.807) is 0 Å². The molecule has 0 saturated carbocycles. The lowest BCUT2D eigenvalue weighted by Gasteiger charge is -2.22. The van der Waals surface area contributed by atoms with Crippen LogP contribution in [0.1, 0.15) is 18.4 Å². The van der Waals surface area contributed by atoms with Crippen LogP contribution in [-0.2, 0) is 16.1 Å². The number of esters is 1. The molecular weight excluding hydrogens is 266 g/mol. The first-order valence-corrected chi connectivity index (χ1v) is 7.15. The maximum absolute atomic E-state index is 11.8. The van der Waals surface area contributed by atoms with Gasteiger partial charge in [0.15, 0.2) is 0 Å². The predicted octanol–water partition coefficient (Wildman–Crippen LogP) is 1.95. The number of hydrogen-bond donors (Lipinski definition) is 1. The van der Waals surface area contributed by atoms with Crippen molar-refractivity contribution in [2.24, 2.45) is 0 Å². The number of likely N-dealkylation sites (tertiary alicyclic amines) is 1. The normalized spacial score (nSPS) is 19.0. The molecule has 1 saturated heterocycles. The van der Waals surface area contributed by atoms with Crippen LogP contribution in [-0.4, -0.2) is 35.5 Å². The summed E-state index contributed by atoms with van der Waals surface area (Å²) in [4.78, 5) is 18.4. The van der Waals surface area contributed by atoms with E-state index in [4.69, 9.17) is 10.5 Å². The van der Waals surface area contributed by atoms with E-state index in [-0.39, 0.29) is 12.0 Å². The van der Waals surface area contributed by atoms with Crippen LogP contribution in [0.4, 0.5) is 5.82 Å². The lowest BCUT2D eigenvalue weighted by atomic mass is 10.1. The maximum atomic E-state index is 11.8. The summed E-state index contributed by atoms with van der Waals surface area (Å²) >= 11 is 0. The molecular formula is C16H19N3O2. The van der Waals surface area contributed by atoms with E-state index < -0.39 is 0 Å². The van der Waals surface area contributed by atoms with Crippen molar-refractivity contribution in [2.75, 3.05) is 19.4 Å². The monoisotopic (exact) mass is 285 g/mol. The molecule has 3 rings (SSSR count). The van der Waals surface area contributed by atoms with Gasteiger partial charge in [-0.05, 0) is 31.5 Å². The van der Waals surface area contributed by atoms with Gasteiger partial charge in [0.05, 0.1) is 12.6 Å². The van der Waals surface area contributed by atoms with Crippen LogP contribution in [0.15, 0.2) is 30.3 Å². The maximum Gasteiger partial charge on any atom is 0.323 e. The van der Waals surface area contributed by atoms with Crippen molar-refractivity contribution < 1.29 is 9.53 Å². The van der Waals surface area contributed by atoms with Crippen LogP contribution >= 0.6 is 0 Å². The molecule has 0 unspecified atom stereocenters. The van der Waals surface area contributed by atoms with Gasteiger partial charge in [0.25, 0.3) is 0 Å². The number of para-hydroxylation sites is 1. The number of carbonyl (C=O) groups is 1. The highest BCUT2D eigenvalue weighted by Gasteiger charge is 2.31. The lowest BCUT2D eigenvalue weighted by Crippen LogP contribution is -2.36. The van der Waals surface area contributed by atoms with Gasteiger partial charge >= 0.3 is 5.97 Å². The fourth-order valence-corrected chi connectivity index (χ4v) is 2.94. The largest absolute Gasteiger partial charge is 0.468 e. The van der Waals surface area contributed by atoms with E-state index in [9.17, 15) is 4.79 Å². The second-order valence-electron chi connectivity index (χ2n) is 5.38. The summed E-state index contributed by atoms with van der Waals surface area (Å²) in [5.41, 5.74) is 7.92. The number of aromatic nitrogens is 1. The molecule has 0 spiro atoms. The van der Waals surface area contributed by atoms with E-state index in [0.29, 0.717) is 12.4 Å². The fraction of sp³-hybridized carbons (Fsp3) is 0.375. The summed E-state index contributed by atoms with van der Waals surface area (Å²) in [5.74, 6) is 0.365. The Morgan fingerprint density at radius 1 is 1.48 bits per heavy atom. The number of methoxy groups -OCH3 is 1. The molecule has 5 heteroatoms. The van der Waals surface area contributed by atoms with E-state index in [2.05, 4.69) is 16.0 Å². The Morgan fingerprint density at radius 3 is 3.10 bits per heavy atom. The number of carbonyl (C=O) groups excluding carboxylic acids is 1. The number of benzene rings is 1. The van der Waals surface area contributed by atoms with Gasteiger partial charge in [-0.25, -0.2) is 4.98 Å². The molecule has 21 heavy (non-hydrogen) atoms. The summed E-state index contributed by atoms with van der Waals surface area (Å²) in [7, 11) is 1.44. The minimum atomic E-state index is -0.167. The van der Waals surface area contributed by atoms with Crippen molar-refractivity contribution >= 4 is 22.7 Å². The third kappa shape index (κ3) is 2.69. The number of anilines is 1. The second kappa shape index (κ2) is 5.69. The van der Waals surface area contributed by atoms with Crippen LogP contribution in [0, 0.1) is 0 Å². The van der Waals surface area contributed by atoms with Crippen LogP contribution in [0.5, 0.6) is 0 Å². The minimum Gasteiger partial charge on any atom is -0.468 e. The van der Waals surface area contributed by atoms with Crippen molar-refractivity contribution in [3.63, 3.8) is 0 Å². The zero-order valence-corrected chi connectivity index (χ0v) is 12.1. The molecule has 2 aromatic rings. The molecule has 0 aliphatic carbocycles. The fourth-order valence-electron chi connectivity index (χ4n) is 2.94. The van der Waals surface area contributed by atoms with Crippen LogP contribution in [0.3, 0.4) is 0 Å². The molecule has 1 aliphatic heterocycles. The quantitative estimate of drug-likeness (QED) is 0.873. The first kappa shape index (κ1) is 13.8. The molecule has 0 amide bonds. The standard InChI is InChI=1S/C16H19N3O2/c1-21-16(20)14-7-4-8-19(14)10-12-9-11-5-2-3-6-13(11)18-15(12)17/h2-3,5-6,9,14H,4,7-8,10H2,1H3,(H2,17,18)/t14-/m0/s1. The molecule has 1 atom stereocenters. The first-order valence-electron chi connectivity index (χ1n) is 7.15. The number of rotatable bonds is 3. The Bertz CT molecular complexity index is 672. The summed E-state index contributed by atoms with van der Waals surface area (Å²) in [5, 5.41) is 1.07. The van der Waals surface area contributed by atoms with Crippen LogP contribution < -0.4 is 5.73 Å². The average molecular weight is 285 g/mol. The molecule has 0 bridgehead atoms. The minimum absolute atomic E-state index is 0.166. The van der Waals surface area contributed by atoms with Crippen LogP contribution in [0.2, 0.25) is 0 Å². The molecule has 2 heterocycles. The first-order chi connectivity index (χ1) is 10.2. The second-order valence-corrected chi connectivity index (χ2v) is 5.38. The average Bonchev–Trinajstić information content (AvgIpc) is 2.95. The van der Waals surface area contributed by atoms with E-state index in [1.165, 1.54) is 7.11 Å². The van der Waals surface area contributed by atoms with E-state index in [1.807, 2.05) is 24.3 Å². The number of nitrogen functional groups attached to an aromatic ring is 1. The molecule has 110 valence electrons. The Kier molecular flexibility index (Phi) is 3.75. The Hall–Kier alpha value is -2.14. The Balaban J connectivity index is 1.87. The van der Waals surface area contributed by atoms with Gasteiger partial charge in [-0.2, -0.15) is 0 Å². The third-order valence-electron chi connectivity index (χ3n) is 4.05. The topological polar surface area (TPSA) is 68.5 Å². The van der Waals surface area contributed by atoms with Gasteiger partial charge in [0.1, 0.15) is 11.9 Å². The molecule has 2 N–H and O–H groups in total. The third-order valence-corrected chi connectivity index (χ3v) is 4.05. The highest BCUT2D eigenvalue weighted by molar-refractivity contribution is 5.81. The Morgan fingerprint density at radius 2 is 2.29 bits per heavy atom. The van der Waals surface area contributed by atoms with Gasteiger partial charge in [-0.15, -0.1) is 0 Å². The molecule has 1 aromatic heterocycles. The number of nitrogens with zero attached hydrogens (tertiary/aromatic N) is 2. The highest BCUT2D eigenvalue weighted by Crippen LogP contribution is 2.25. The van der Waals surface area contributed by atoms with Gasteiger partial charge in [-0.1, -0.05) is 18.2 Å². The van der Waals surface area contributed by atoms with Crippen molar-refractivity contribution in [3.05, 3.63) is 35.9 Å². The summed E-state index contributed by atoms with van der Waals surface area (Å²) in [6, 6.07) is 9.79. The number of fused-ring (bicyclic) bond motifs is 1. The number of nitrogens with two attached hydrogens (primary N) is 1. The number of ether oxygens (including phenoxy) is 1. The van der Waals surface area contributed by atoms with Crippen molar-refractivity contribution in [1.29, 1.82) is 0 Å². The number of hydrogen-bond acceptors (Lipinski definition) is 5. The summed E-state index contributed by atoms with van der Waals surface area (Å²) < 4.78 is 4.88. The molecule has 1 aromatic carbocycles. The van der Waals surface area contributed by atoms with Gasteiger partial charge in [-0.3, -0.25) is 9.69 Å². The molecule has 5 nitrogen and oxygen atoms in total. The molecule has 0 radical (unpaired) electrons. The summed E-state index contributed by atoms with van der Waals surface area (Å²) in [6.45, 7) is 1.51. The molecule has 1 aliphatic rings. The van der Waals surface area contributed by atoms with Crippen molar-refractivity contribution in [2.45, 2.75) is 25.4 Å². The number of pyridine rings is 1. The van der Waals surface area contributed by atoms with E-state index >= 15 is 0 Å². The lowest BCUT2D eigenvalue weighted by molar-refractivity contribution is -0.146. The SMILES string of the molecule is COC(=O)[C@@H]1CCCN1Cc1cc2ccccc2nc1N. The van der Waals surface area contributed by atoms with Crippen molar-refractivity contribution in [3.8, 4) is 0 Å².